The Labute approximate surface area is 163 Å². The van der Waals surface area contributed by atoms with Gasteiger partial charge in [0, 0.05) is 22.2 Å². The maximum Gasteiger partial charge on any atom is 0.178 e. The maximum atomic E-state index is 5.79. The van der Waals surface area contributed by atoms with Crippen LogP contribution in [-0.4, -0.2) is 27.3 Å². The van der Waals surface area contributed by atoms with E-state index < -0.39 is 0 Å². The van der Waals surface area contributed by atoms with Crippen molar-refractivity contribution in [1.29, 1.82) is 0 Å². The Kier molecular flexibility index (Phi) is 4.86. The molecule has 0 saturated heterocycles. The molecule has 2 heterocycles. The molecule has 0 saturated carbocycles. The summed E-state index contributed by atoms with van der Waals surface area (Å²) >= 11 is 1.74. The Balaban J connectivity index is 1.68. The minimum atomic E-state index is 0.137. The van der Waals surface area contributed by atoms with Crippen LogP contribution in [0.4, 0.5) is 0 Å². The highest BCUT2D eigenvalue weighted by Gasteiger charge is 2.09. The molecule has 0 fully saturated rings. The van der Waals surface area contributed by atoms with Crippen molar-refractivity contribution in [2.24, 2.45) is 0 Å². The highest BCUT2D eigenvalue weighted by atomic mass is 32.2. The number of hydrogen-bond donors (Lipinski definition) is 1. The summed E-state index contributed by atoms with van der Waals surface area (Å²) in [5, 5.41) is 0. The molecule has 0 amide bonds. The summed E-state index contributed by atoms with van der Waals surface area (Å²) in [6, 6.07) is 18.6. The van der Waals surface area contributed by atoms with Crippen molar-refractivity contribution in [1.82, 2.24) is 15.0 Å². The van der Waals surface area contributed by atoms with E-state index in [1.807, 2.05) is 44.3 Å². The van der Waals surface area contributed by atoms with Gasteiger partial charge in [0.1, 0.15) is 11.6 Å². The van der Waals surface area contributed by atoms with Gasteiger partial charge in [0.25, 0.3) is 0 Å². The van der Waals surface area contributed by atoms with Crippen LogP contribution >= 0.6 is 11.8 Å². The van der Waals surface area contributed by atoms with Crippen LogP contribution in [0.5, 0.6) is 5.75 Å². The molecular weight excluding hydrogens is 354 g/mol. The fraction of sp³-hybridized carbons (Fsp3) is 0.182. The first-order chi connectivity index (χ1) is 13.1. The van der Waals surface area contributed by atoms with E-state index in [0.29, 0.717) is 5.65 Å². The number of rotatable bonds is 5. The molecule has 4 aromatic rings. The Morgan fingerprint density at radius 3 is 2.52 bits per heavy atom. The van der Waals surface area contributed by atoms with Crippen molar-refractivity contribution in [3.8, 4) is 28.3 Å². The summed E-state index contributed by atoms with van der Waals surface area (Å²) in [6.45, 7) is 4.04. The smallest absolute Gasteiger partial charge is 0.178 e. The fourth-order valence-electron chi connectivity index (χ4n) is 2.97. The predicted octanol–water partition coefficient (Wildman–Crippen LogP) is 5.80. The monoisotopic (exact) mass is 375 g/mol. The van der Waals surface area contributed by atoms with E-state index in [1.54, 1.807) is 11.8 Å². The van der Waals surface area contributed by atoms with Gasteiger partial charge in [0.15, 0.2) is 5.65 Å². The van der Waals surface area contributed by atoms with Gasteiger partial charge in [0.2, 0.25) is 0 Å². The van der Waals surface area contributed by atoms with Gasteiger partial charge in [-0.1, -0.05) is 24.3 Å². The lowest BCUT2D eigenvalue weighted by Crippen LogP contribution is -2.05. The van der Waals surface area contributed by atoms with Gasteiger partial charge in [-0.05, 0) is 56.0 Å². The lowest BCUT2D eigenvalue weighted by atomic mass is 10.1. The Morgan fingerprint density at radius 2 is 1.78 bits per heavy atom. The lowest BCUT2D eigenvalue weighted by Gasteiger charge is -2.10. The summed E-state index contributed by atoms with van der Waals surface area (Å²) in [5.74, 6) is 1.63. The van der Waals surface area contributed by atoms with E-state index in [9.17, 15) is 0 Å². The highest BCUT2D eigenvalue weighted by Crippen LogP contribution is 2.27. The summed E-state index contributed by atoms with van der Waals surface area (Å²) in [4.78, 5) is 13.8. The zero-order chi connectivity index (χ0) is 18.8. The molecule has 0 aliphatic rings. The molecule has 4 rings (SSSR count). The van der Waals surface area contributed by atoms with Crippen LogP contribution in [0, 0.1) is 0 Å². The van der Waals surface area contributed by atoms with Gasteiger partial charge in [-0.15, -0.1) is 11.8 Å². The molecule has 0 radical (unpaired) electrons. The maximum absolute atomic E-state index is 5.79. The molecule has 0 spiro atoms. The van der Waals surface area contributed by atoms with Crippen LogP contribution < -0.4 is 4.74 Å². The molecule has 4 nitrogen and oxygen atoms in total. The summed E-state index contributed by atoms with van der Waals surface area (Å²) in [5.41, 5.74) is 4.83. The number of aromatic nitrogens is 3. The zero-order valence-corrected chi connectivity index (χ0v) is 16.4. The number of nitrogens with zero attached hydrogens (tertiary/aromatic N) is 2. The number of aromatic amines is 1. The van der Waals surface area contributed by atoms with Gasteiger partial charge in [0.05, 0.1) is 11.6 Å². The summed E-state index contributed by atoms with van der Waals surface area (Å²) in [6.07, 6.45) is 4.09. The Hall–Kier alpha value is -2.79. The topological polar surface area (TPSA) is 50.8 Å². The van der Waals surface area contributed by atoms with Crippen molar-refractivity contribution in [3.05, 3.63) is 60.8 Å². The zero-order valence-electron chi connectivity index (χ0n) is 15.6. The first-order valence-electron chi connectivity index (χ1n) is 8.89. The lowest BCUT2D eigenvalue weighted by molar-refractivity contribution is 0.242. The van der Waals surface area contributed by atoms with Gasteiger partial charge in [-0.2, -0.15) is 0 Å². The molecule has 0 aliphatic heterocycles. The third-order valence-corrected chi connectivity index (χ3v) is 4.98. The average molecular weight is 375 g/mol. The molecule has 0 bridgehead atoms. The number of fused-ring (bicyclic) bond motifs is 1. The average Bonchev–Trinajstić information content (AvgIpc) is 3.11. The number of hydrogen-bond acceptors (Lipinski definition) is 4. The Bertz CT molecular complexity index is 1070. The third kappa shape index (κ3) is 3.83. The first-order valence-corrected chi connectivity index (χ1v) is 10.1. The van der Waals surface area contributed by atoms with Crippen LogP contribution in [0.25, 0.3) is 33.7 Å². The van der Waals surface area contributed by atoms with Crippen LogP contribution in [-0.2, 0) is 0 Å². The molecule has 5 heteroatoms. The minimum absolute atomic E-state index is 0.137. The van der Waals surface area contributed by atoms with Gasteiger partial charge >= 0.3 is 0 Å². The Morgan fingerprint density at radius 1 is 0.963 bits per heavy atom. The number of nitrogens with one attached hydrogen (secondary N) is 1. The van der Waals surface area contributed by atoms with Gasteiger partial charge in [-0.3, -0.25) is 0 Å². The highest BCUT2D eigenvalue weighted by molar-refractivity contribution is 7.98. The number of thioether (sulfide) groups is 1. The fourth-order valence-corrected chi connectivity index (χ4v) is 3.38. The molecule has 27 heavy (non-hydrogen) atoms. The molecule has 0 aliphatic carbocycles. The number of pyridine rings is 1. The van der Waals surface area contributed by atoms with E-state index >= 15 is 0 Å². The van der Waals surface area contributed by atoms with Crippen LogP contribution in [0.15, 0.2) is 65.7 Å². The number of ether oxygens (including phenoxy) is 1. The van der Waals surface area contributed by atoms with Crippen molar-refractivity contribution < 1.29 is 4.74 Å². The molecule has 0 atom stereocenters. The van der Waals surface area contributed by atoms with Crippen LogP contribution in [0.3, 0.4) is 0 Å². The van der Waals surface area contributed by atoms with E-state index in [-0.39, 0.29) is 6.10 Å². The molecule has 2 aromatic carbocycles. The largest absolute Gasteiger partial charge is 0.491 e. The molecule has 1 N–H and O–H groups in total. The van der Waals surface area contributed by atoms with E-state index in [0.717, 1.165) is 33.8 Å². The molecular formula is C22H21N3OS. The standard InChI is InChI=1S/C22H21N3OS/c1-14(2)26-18-6-4-5-16(11-18)21-24-20-12-17(13-23-22(20)25-21)15-7-9-19(27-3)10-8-15/h4-14H,1-3H3,(H,23,24,25). The van der Waals surface area contributed by atoms with Crippen molar-refractivity contribution in [3.63, 3.8) is 0 Å². The van der Waals surface area contributed by atoms with E-state index in [2.05, 4.69) is 51.5 Å². The summed E-state index contributed by atoms with van der Waals surface area (Å²) < 4.78 is 5.79. The van der Waals surface area contributed by atoms with Gasteiger partial charge < -0.3 is 9.72 Å². The van der Waals surface area contributed by atoms with E-state index in [4.69, 9.17) is 4.74 Å². The minimum Gasteiger partial charge on any atom is -0.491 e. The molecule has 0 unspecified atom stereocenters. The number of benzene rings is 2. The first kappa shape index (κ1) is 17.6. The van der Waals surface area contributed by atoms with Crippen molar-refractivity contribution in [2.45, 2.75) is 24.8 Å². The van der Waals surface area contributed by atoms with E-state index in [1.165, 1.54) is 4.90 Å². The van der Waals surface area contributed by atoms with Crippen molar-refractivity contribution >= 4 is 22.9 Å². The summed E-state index contributed by atoms with van der Waals surface area (Å²) in [7, 11) is 0. The predicted molar refractivity (Wildman–Crippen MR) is 112 cm³/mol. The molecule has 2 aromatic heterocycles. The third-order valence-electron chi connectivity index (χ3n) is 4.24. The van der Waals surface area contributed by atoms with Crippen LogP contribution in [0.1, 0.15) is 13.8 Å². The van der Waals surface area contributed by atoms with Crippen molar-refractivity contribution in [2.75, 3.05) is 6.26 Å². The SMILES string of the molecule is CSc1ccc(-c2cnc3nc(-c4cccc(OC(C)C)c4)[nH]c3c2)cc1. The normalized spacial score (nSPS) is 11.3. The van der Waals surface area contributed by atoms with Gasteiger partial charge in [-0.25, -0.2) is 9.97 Å². The second-order valence-electron chi connectivity index (χ2n) is 6.60. The second kappa shape index (κ2) is 7.45. The number of imidazole rings is 1. The quantitative estimate of drug-likeness (QED) is 0.448. The molecule has 136 valence electrons. The number of H-pyrrole nitrogens is 1. The van der Waals surface area contributed by atoms with Crippen LogP contribution in [0.2, 0.25) is 0 Å². The second-order valence-corrected chi connectivity index (χ2v) is 7.48.